The van der Waals surface area contributed by atoms with Crippen molar-refractivity contribution in [1.29, 1.82) is 0 Å². The summed E-state index contributed by atoms with van der Waals surface area (Å²) in [5.74, 6) is 0.911. The van der Waals surface area contributed by atoms with Crippen LogP contribution in [0.5, 0.6) is 0 Å². The van der Waals surface area contributed by atoms with Crippen molar-refractivity contribution >= 4 is 0 Å². The Morgan fingerprint density at radius 1 is 1.67 bits per heavy atom. The lowest BCUT2D eigenvalue weighted by atomic mass is 10.4. The summed E-state index contributed by atoms with van der Waals surface area (Å²) in [5, 5.41) is 6.73. The maximum Gasteiger partial charge on any atom is 0.150 e. The Morgan fingerprint density at radius 3 is 3.08 bits per heavy atom. The normalized spacial score (nSPS) is 10.9. The monoisotopic (exact) mass is 169 g/mol. The minimum absolute atomic E-state index is 0.821. The summed E-state index contributed by atoms with van der Waals surface area (Å²) in [6, 6.07) is 1.88. The molecular weight excluding hydrogens is 154 g/mol. The van der Waals surface area contributed by atoms with Gasteiger partial charge in [0.1, 0.15) is 0 Å². The molecule has 0 fully saturated rings. The highest BCUT2D eigenvalue weighted by atomic mass is 16.5. The molecule has 12 heavy (non-hydrogen) atoms. The fourth-order valence-corrected chi connectivity index (χ4v) is 0.971. The molecule has 0 spiro atoms. The number of likely N-dealkylation sites (N-methyl/N-ethyl adjacent to an activating group) is 2. The van der Waals surface area contributed by atoms with Gasteiger partial charge in [0.15, 0.2) is 5.76 Å². The Bertz CT molecular complexity index is 198. The van der Waals surface area contributed by atoms with Crippen LogP contribution in [0.1, 0.15) is 5.76 Å². The SMILES string of the molecule is CNCCN(C)Cc1ccno1. The summed E-state index contributed by atoms with van der Waals surface area (Å²) in [5.41, 5.74) is 0. The van der Waals surface area contributed by atoms with Crippen LogP contribution >= 0.6 is 0 Å². The highest BCUT2D eigenvalue weighted by Gasteiger charge is 2.01. The summed E-state index contributed by atoms with van der Waals surface area (Å²) in [7, 11) is 4.00. The third-order valence-electron chi connectivity index (χ3n) is 1.66. The van der Waals surface area contributed by atoms with Gasteiger partial charge in [-0.2, -0.15) is 0 Å². The zero-order chi connectivity index (χ0) is 8.81. The largest absolute Gasteiger partial charge is 0.360 e. The Labute approximate surface area is 72.5 Å². The van der Waals surface area contributed by atoms with E-state index < -0.39 is 0 Å². The van der Waals surface area contributed by atoms with Gasteiger partial charge in [-0.05, 0) is 14.1 Å². The molecule has 0 atom stereocenters. The number of hydrogen-bond acceptors (Lipinski definition) is 4. The van der Waals surface area contributed by atoms with Gasteiger partial charge >= 0.3 is 0 Å². The molecular formula is C8H15N3O. The quantitative estimate of drug-likeness (QED) is 0.689. The number of aromatic nitrogens is 1. The molecule has 1 rings (SSSR count). The van der Waals surface area contributed by atoms with Crippen LogP contribution in [-0.2, 0) is 6.54 Å². The van der Waals surface area contributed by atoms with Crippen LogP contribution in [0.25, 0.3) is 0 Å². The Balaban J connectivity index is 2.22. The zero-order valence-corrected chi connectivity index (χ0v) is 7.58. The zero-order valence-electron chi connectivity index (χ0n) is 7.58. The van der Waals surface area contributed by atoms with Crippen molar-refractivity contribution in [2.45, 2.75) is 6.54 Å². The van der Waals surface area contributed by atoms with Crippen molar-refractivity contribution in [2.75, 3.05) is 27.2 Å². The first-order valence-corrected chi connectivity index (χ1v) is 4.05. The number of nitrogens with one attached hydrogen (secondary N) is 1. The summed E-state index contributed by atoms with van der Waals surface area (Å²) < 4.78 is 4.97. The molecule has 0 saturated heterocycles. The molecule has 68 valence electrons. The van der Waals surface area contributed by atoms with Gasteiger partial charge in [-0.15, -0.1) is 0 Å². The van der Waals surface area contributed by atoms with E-state index in [2.05, 4.69) is 22.4 Å². The Kier molecular flexibility index (Phi) is 3.76. The topological polar surface area (TPSA) is 41.3 Å². The lowest BCUT2D eigenvalue weighted by Gasteiger charge is -2.13. The molecule has 0 radical (unpaired) electrons. The lowest BCUT2D eigenvalue weighted by molar-refractivity contribution is 0.274. The predicted octanol–water partition coefficient (Wildman–Crippen LogP) is 0.326. The van der Waals surface area contributed by atoms with Crippen LogP contribution in [-0.4, -0.2) is 37.2 Å². The van der Waals surface area contributed by atoms with Crippen LogP contribution in [0.15, 0.2) is 16.8 Å². The first-order chi connectivity index (χ1) is 5.83. The molecule has 1 aromatic rings. The molecule has 0 aromatic carbocycles. The molecule has 4 heteroatoms. The van der Waals surface area contributed by atoms with Crippen LogP contribution in [0, 0.1) is 0 Å². The second kappa shape index (κ2) is 4.90. The highest BCUT2D eigenvalue weighted by Crippen LogP contribution is 1.99. The number of hydrogen-bond donors (Lipinski definition) is 1. The summed E-state index contributed by atoms with van der Waals surface area (Å²) in [4.78, 5) is 2.18. The van der Waals surface area contributed by atoms with E-state index in [-0.39, 0.29) is 0 Å². The molecule has 0 aliphatic carbocycles. The molecule has 0 aliphatic heterocycles. The van der Waals surface area contributed by atoms with E-state index in [1.807, 2.05) is 13.1 Å². The van der Waals surface area contributed by atoms with E-state index >= 15 is 0 Å². The maximum absolute atomic E-state index is 4.97. The van der Waals surface area contributed by atoms with Gasteiger partial charge in [-0.1, -0.05) is 5.16 Å². The maximum atomic E-state index is 4.97. The molecule has 0 saturated carbocycles. The van der Waals surface area contributed by atoms with Crippen molar-refractivity contribution in [3.63, 3.8) is 0 Å². The minimum Gasteiger partial charge on any atom is -0.360 e. The van der Waals surface area contributed by atoms with Crippen molar-refractivity contribution in [2.24, 2.45) is 0 Å². The second-order valence-electron chi connectivity index (χ2n) is 2.82. The first kappa shape index (κ1) is 9.22. The summed E-state index contributed by atoms with van der Waals surface area (Å²) >= 11 is 0. The summed E-state index contributed by atoms with van der Waals surface area (Å²) in [6.07, 6.45) is 1.67. The molecule has 0 aliphatic rings. The van der Waals surface area contributed by atoms with E-state index in [1.165, 1.54) is 0 Å². The summed E-state index contributed by atoms with van der Waals surface area (Å²) in [6.45, 7) is 2.82. The first-order valence-electron chi connectivity index (χ1n) is 4.05. The van der Waals surface area contributed by atoms with Crippen molar-refractivity contribution < 1.29 is 4.52 Å². The van der Waals surface area contributed by atoms with E-state index in [1.54, 1.807) is 6.20 Å². The van der Waals surface area contributed by atoms with Crippen molar-refractivity contribution in [3.8, 4) is 0 Å². The van der Waals surface area contributed by atoms with Crippen LogP contribution in [0.2, 0.25) is 0 Å². The molecule has 0 amide bonds. The van der Waals surface area contributed by atoms with Crippen molar-refractivity contribution in [3.05, 3.63) is 18.0 Å². The highest BCUT2D eigenvalue weighted by molar-refractivity contribution is 4.92. The van der Waals surface area contributed by atoms with E-state index in [4.69, 9.17) is 4.52 Å². The minimum atomic E-state index is 0.821. The Hall–Kier alpha value is -0.870. The second-order valence-corrected chi connectivity index (χ2v) is 2.82. The van der Waals surface area contributed by atoms with Gasteiger partial charge in [0.2, 0.25) is 0 Å². The van der Waals surface area contributed by atoms with Crippen LogP contribution in [0.3, 0.4) is 0 Å². The van der Waals surface area contributed by atoms with E-state index in [0.29, 0.717) is 0 Å². The molecule has 1 heterocycles. The average molecular weight is 169 g/mol. The van der Waals surface area contributed by atoms with Gasteiger partial charge < -0.3 is 9.84 Å². The Morgan fingerprint density at radius 2 is 2.50 bits per heavy atom. The predicted molar refractivity (Wildman–Crippen MR) is 46.8 cm³/mol. The number of nitrogens with zero attached hydrogens (tertiary/aromatic N) is 2. The van der Waals surface area contributed by atoms with Crippen LogP contribution in [0.4, 0.5) is 0 Å². The fourth-order valence-electron chi connectivity index (χ4n) is 0.971. The van der Waals surface area contributed by atoms with Crippen molar-refractivity contribution in [1.82, 2.24) is 15.4 Å². The standard InChI is InChI=1S/C8H15N3O/c1-9-5-6-11(2)7-8-3-4-10-12-8/h3-4,9H,5-7H2,1-2H3. The van der Waals surface area contributed by atoms with Gasteiger partial charge in [0.05, 0.1) is 12.7 Å². The smallest absolute Gasteiger partial charge is 0.150 e. The van der Waals surface area contributed by atoms with E-state index in [0.717, 1.165) is 25.4 Å². The van der Waals surface area contributed by atoms with Gasteiger partial charge in [-0.3, -0.25) is 4.90 Å². The van der Waals surface area contributed by atoms with E-state index in [9.17, 15) is 0 Å². The average Bonchev–Trinajstić information content (AvgIpc) is 2.53. The molecule has 1 N–H and O–H groups in total. The lowest BCUT2D eigenvalue weighted by Crippen LogP contribution is -2.26. The van der Waals surface area contributed by atoms with Gasteiger partial charge in [-0.25, -0.2) is 0 Å². The molecule has 0 bridgehead atoms. The van der Waals surface area contributed by atoms with Gasteiger partial charge in [0, 0.05) is 19.2 Å². The molecule has 1 aromatic heterocycles. The molecule has 0 unspecified atom stereocenters. The van der Waals surface area contributed by atoms with Gasteiger partial charge in [0.25, 0.3) is 0 Å². The van der Waals surface area contributed by atoms with Crippen LogP contribution < -0.4 is 5.32 Å². The number of rotatable bonds is 5. The third-order valence-corrected chi connectivity index (χ3v) is 1.66. The molecule has 4 nitrogen and oxygen atoms in total. The third kappa shape index (κ3) is 3.02. The fraction of sp³-hybridized carbons (Fsp3) is 0.625.